The van der Waals surface area contributed by atoms with Crippen LogP contribution in [0.15, 0.2) is 12.3 Å². The number of nitrogens with zero attached hydrogens (tertiary/aromatic N) is 3. The minimum absolute atomic E-state index is 0.301. The molecule has 0 radical (unpaired) electrons. The first-order valence-corrected chi connectivity index (χ1v) is 2.87. The Hall–Kier alpha value is -1.01. The average molecular weight is 142 g/mol. The van der Waals surface area contributed by atoms with Gasteiger partial charge >= 0.3 is 0 Å². The van der Waals surface area contributed by atoms with Crippen molar-refractivity contribution >= 4 is 17.4 Å². The summed E-state index contributed by atoms with van der Waals surface area (Å²) < 4.78 is 1.49. The van der Waals surface area contributed by atoms with Gasteiger partial charge in [-0.05, 0) is 11.2 Å². The maximum Gasteiger partial charge on any atom is 0.295 e. The van der Waals surface area contributed by atoms with Gasteiger partial charge in [-0.1, -0.05) is 18.2 Å². The van der Waals surface area contributed by atoms with Gasteiger partial charge < -0.3 is 4.85 Å². The zero-order valence-corrected chi connectivity index (χ0v) is 5.34. The fourth-order valence-electron chi connectivity index (χ4n) is 0.477. The number of alkyl halides is 1. The zero-order valence-electron chi connectivity index (χ0n) is 4.58. The lowest BCUT2D eigenvalue weighted by molar-refractivity contribution is 0.749. The molecule has 0 aliphatic heterocycles. The van der Waals surface area contributed by atoms with E-state index in [2.05, 4.69) is 9.94 Å². The molecule has 1 heterocycles. The summed E-state index contributed by atoms with van der Waals surface area (Å²) in [7, 11) is 0. The Morgan fingerprint density at radius 1 is 1.89 bits per heavy atom. The van der Waals surface area contributed by atoms with Gasteiger partial charge in [-0.2, -0.15) is 4.68 Å². The van der Waals surface area contributed by atoms with Crippen molar-refractivity contribution in [2.75, 3.05) is 0 Å². The minimum atomic E-state index is 0.301. The highest BCUT2D eigenvalue weighted by Crippen LogP contribution is 2.05. The fourth-order valence-corrected chi connectivity index (χ4v) is 0.610. The Morgan fingerprint density at radius 2 is 2.67 bits per heavy atom. The summed E-state index contributed by atoms with van der Waals surface area (Å²) in [5.74, 6) is 0.385. The van der Waals surface area contributed by atoms with Crippen LogP contribution in [0, 0.1) is 6.57 Å². The summed E-state index contributed by atoms with van der Waals surface area (Å²) in [4.78, 5) is 3.10. The first kappa shape index (κ1) is 6.12. The SMILES string of the molecule is [C-]#[N+]c1ccn(CCl)n1. The molecule has 0 aliphatic carbocycles. The lowest BCUT2D eigenvalue weighted by atomic mass is 10.7. The third-order valence-corrected chi connectivity index (χ3v) is 1.11. The molecule has 9 heavy (non-hydrogen) atoms. The van der Waals surface area contributed by atoms with Crippen molar-refractivity contribution in [3.05, 3.63) is 23.7 Å². The quantitative estimate of drug-likeness (QED) is 0.431. The predicted molar refractivity (Wildman–Crippen MR) is 34.3 cm³/mol. The molecule has 0 bridgehead atoms. The van der Waals surface area contributed by atoms with Crippen LogP contribution in [0.4, 0.5) is 5.82 Å². The maximum atomic E-state index is 6.54. The summed E-state index contributed by atoms with van der Waals surface area (Å²) in [6.07, 6.45) is 1.67. The smallest absolute Gasteiger partial charge is 0.295 e. The second kappa shape index (κ2) is 2.51. The molecule has 46 valence electrons. The molecule has 4 heteroatoms. The lowest BCUT2D eigenvalue weighted by Crippen LogP contribution is -1.89. The molecule has 1 aromatic heterocycles. The number of hydrogen-bond donors (Lipinski definition) is 0. The number of hydrogen-bond acceptors (Lipinski definition) is 1. The highest BCUT2D eigenvalue weighted by atomic mass is 35.5. The summed E-state index contributed by atoms with van der Waals surface area (Å²) in [6.45, 7) is 6.54. The van der Waals surface area contributed by atoms with Gasteiger partial charge in [-0.3, -0.25) is 0 Å². The molecule has 1 rings (SSSR count). The molecular formula is C5H4ClN3. The first-order chi connectivity index (χ1) is 4.36. The first-order valence-electron chi connectivity index (χ1n) is 2.33. The predicted octanol–water partition coefficient (Wildman–Crippen LogP) is 1.63. The van der Waals surface area contributed by atoms with E-state index < -0.39 is 0 Å². The molecule has 0 amide bonds. The highest BCUT2D eigenvalue weighted by molar-refractivity contribution is 6.15. The molecule has 0 aliphatic rings. The van der Waals surface area contributed by atoms with Crippen LogP contribution in [0.25, 0.3) is 4.85 Å². The van der Waals surface area contributed by atoms with Crippen LogP contribution in [0.5, 0.6) is 0 Å². The van der Waals surface area contributed by atoms with Crippen molar-refractivity contribution in [1.29, 1.82) is 0 Å². The minimum Gasteiger partial charge on any atom is -0.359 e. The molecule has 3 nitrogen and oxygen atoms in total. The van der Waals surface area contributed by atoms with E-state index in [-0.39, 0.29) is 0 Å². The van der Waals surface area contributed by atoms with Crippen LogP contribution in [0.2, 0.25) is 0 Å². The normalized spacial score (nSPS) is 8.89. The van der Waals surface area contributed by atoms with Gasteiger partial charge in [0, 0.05) is 6.20 Å². The molecule has 0 aromatic carbocycles. The van der Waals surface area contributed by atoms with E-state index in [4.69, 9.17) is 18.2 Å². The van der Waals surface area contributed by atoms with Crippen molar-refractivity contribution < 1.29 is 0 Å². The Kier molecular flexibility index (Phi) is 1.71. The molecule has 0 N–H and O–H groups in total. The van der Waals surface area contributed by atoms with Gasteiger partial charge in [0.25, 0.3) is 5.82 Å². The fraction of sp³-hybridized carbons (Fsp3) is 0.200. The Morgan fingerprint density at radius 3 is 3.00 bits per heavy atom. The van der Waals surface area contributed by atoms with E-state index >= 15 is 0 Å². The number of aromatic nitrogens is 2. The van der Waals surface area contributed by atoms with Crippen LogP contribution in [-0.2, 0) is 6.00 Å². The molecule has 0 fully saturated rings. The monoisotopic (exact) mass is 141 g/mol. The van der Waals surface area contributed by atoms with E-state index in [1.54, 1.807) is 12.3 Å². The molecule has 0 spiro atoms. The third kappa shape index (κ3) is 1.21. The summed E-state index contributed by atoms with van der Waals surface area (Å²) in [5.41, 5.74) is 0. The van der Waals surface area contributed by atoms with Gasteiger partial charge in [0.15, 0.2) is 0 Å². The lowest BCUT2D eigenvalue weighted by Gasteiger charge is -1.81. The van der Waals surface area contributed by atoms with Gasteiger partial charge in [0.2, 0.25) is 0 Å². The van der Waals surface area contributed by atoms with Gasteiger partial charge in [0.1, 0.15) is 6.00 Å². The van der Waals surface area contributed by atoms with E-state index in [0.29, 0.717) is 11.8 Å². The van der Waals surface area contributed by atoms with Crippen molar-refractivity contribution in [2.24, 2.45) is 0 Å². The molecule has 0 saturated carbocycles. The van der Waals surface area contributed by atoms with Crippen molar-refractivity contribution in [2.45, 2.75) is 6.00 Å². The standard InChI is InChI=1S/C5H4ClN3/c1-7-5-2-3-9(4-6)8-5/h2-3H,4H2. The van der Waals surface area contributed by atoms with Crippen molar-refractivity contribution in [3.63, 3.8) is 0 Å². The molecular weight excluding hydrogens is 138 g/mol. The van der Waals surface area contributed by atoms with Crippen LogP contribution in [0.1, 0.15) is 0 Å². The van der Waals surface area contributed by atoms with E-state index in [1.165, 1.54) is 4.68 Å². The van der Waals surface area contributed by atoms with E-state index in [9.17, 15) is 0 Å². The van der Waals surface area contributed by atoms with E-state index in [0.717, 1.165) is 0 Å². The summed E-state index contributed by atoms with van der Waals surface area (Å²) >= 11 is 5.39. The second-order valence-corrected chi connectivity index (χ2v) is 1.68. The number of halogens is 1. The molecule has 0 atom stereocenters. The Balaban J connectivity index is 2.90. The summed E-state index contributed by atoms with van der Waals surface area (Å²) in [6, 6.07) is 1.92. The van der Waals surface area contributed by atoms with Gasteiger partial charge in [-0.25, -0.2) is 0 Å². The topological polar surface area (TPSA) is 22.2 Å². The average Bonchev–Trinajstić information content (AvgIpc) is 2.34. The summed E-state index contributed by atoms with van der Waals surface area (Å²) in [5, 5.41) is 3.78. The zero-order chi connectivity index (χ0) is 6.69. The largest absolute Gasteiger partial charge is 0.359 e. The van der Waals surface area contributed by atoms with Crippen molar-refractivity contribution in [3.8, 4) is 0 Å². The van der Waals surface area contributed by atoms with Crippen LogP contribution >= 0.6 is 11.6 Å². The van der Waals surface area contributed by atoms with Gasteiger partial charge in [-0.15, -0.1) is 0 Å². The van der Waals surface area contributed by atoms with Crippen LogP contribution in [0.3, 0.4) is 0 Å². The highest BCUT2D eigenvalue weighted by Gasteiger charge is 1.95. The second-order valence-electron chi connectivity index (χ2n) is 1.44. The van der Waals surface area contributed by atoms with Gasteiger partial charge in [0.05, 0.1) is 0 Å². The van der Waals surface area contributed by atoms with Crippen molar-refractivity contribution in [1.82, 2.24) is 9.78 Å². The third-order valence-electron chi connectivity index (χ3n) is 0.864. The number of rotatable bonds is 1. The van der Waals surface area contributed by atoms with E-state index in [1.807, 2.05) is 0 Å². The Bertz CT molecular complexity index is 235. The molecule has 1 aromatic rings. The maximum absolute atomic E-state index is 6.54. The van der Waals surface area contributed by atoms with Crippen LogP contribution in [-0.4, -0.2) is 9.78 Å². The van der Waals surface area contributed by atoms with Crippen LogP contribution < -0.4 is 0 Å². The Labute approximate surface area is 57.7 Å². The molecule has 0 unspecified atom stereocenters. The molecule has 0 saturated heterocycles.